The summed E-state index contributed by atoms with van der Waals surface area (Å²) in [5.74, 6) is 0.566. The lowest BCUT2D eigenvalue weighted by molar-refractivity contribution is 0.300. The number of nitrogens with zero attached hydrogens (tertiary/aromatic N) is 3. The zero-order valence-electron chi connectivity index (χ0n) is 12.5. The zero-order chi connectivity index (χ0) is 14.5. The number of likely N-dealkylation sites (tertiary alicyclic amines) is 1. The first-order valence-corrected chi connectivity index (χ1v) is 7.70. The summed E-state index contributed by atoms with van der Waals surface area (Å²) in [6.07, 6.45) is 5.04. The van der Waals surface area contributed by atoms with Gasteiger partial charge in [-0.1, -0.05) is 13.0 Å². The molecule has 21 heavy (non-hydrogen) atoms. The molecule has 0 bridgehead atoms. The minimum absolute atomic E-state index is 0.541. The van der Waals surface area contributed by atoms with E-state index < -0.39 is 0 Å². The molecule has 0 saturated carbocycles. The first kappa shape index (κ1) is 14.1. The van der Waals surface area contributed by atoms with E-state index in [-0.39, 0.29) is 0 Å². The van der Waals surface area contributed by atoms with E-state index in [9.17, 15) is 0 Å². The summed E-state index contributed by atoms with van der Waals surface area (Å²) in [6, 6.07) is 8.74. The van der Waals surface area contributed by atoms with Crippen LogP contribution in [0.3, 0.4) is 0 Å². The Kier molecular flexibility index (Phi) is 4.50. The number of anilines is 1. The Bertz CT molecular complexity index is 555. The Morgan fingerprint density at radius 2 is 2.29 bits per heavy atom. The predicted molar refractivity (Wildman–Crippen MR) is 83.1 cm³/mol. The van der Waals surface area contributed by atoms with E-state index in [0.29, 0.717) is 11.9 Å². The van der Waals surface area contributed by atoms with E-state index in [1.807, 2.05) is 12.1 Å². The quantitative estimate of drug-likeness (QED) is 0.936. The molecule has 2 aromatic rings. The molecule has 1 atom stereocenters. The third-order valence-electron chi connectivity index (χ3n) is 4.11. The van der Waals surface area contributed by atoms with E-state index in [2.05, 4.69) is 39.5 Å². The Morgan fingerprint density at radius 1 is 1.33 bits per heavy atom. The van der Waals surface area contributed by atoms with Gasteiger partial charge in [0.15, 0.2) is 0 Å². The Labute approximate surface area is 125 Å². The van der Waals surface area contributed by atoms with E-state index >= 15 is 0 Å². The number of hydrogen-bond acceptors (Lipinski definition) is 5. The van der Waals surface area contributed by atoms with Crippen LogP contribution in [-0.4, -0.2) is 40.8 Å². The van der Waals surface area contributed by atoms with Crippen molar-refractivity contribution in [2.75, 3.05) is 25.0 Å². The predicted octanol–water partition coefficient (Wildman–Crippen LogP) is 3.02. The molecule has 0 spiro atoms. The van der Waals surface area contributed by atoms with Gasteiger partial charge in [-0.25, -0.2) is 0 Å². The lowest BCUT2D eigenvalue weighted by Gasteiger charge is -2.19. The Morgan fingerprint density at radius 3 is 3.10 bits per heavy atom. The van der Waals surface area contributed by atoms with E-state index in [0.717, 1.165) is 17.8 Å². The summed E-state index contributed by atoms with van der Waals surface area (Å²) >= 11 is 0. The van der Waals surface area contributed by atoms with Crippen LogP contribution in [-0.2, 0) is 0 Å². The van der Waals surface area contributed by atoms with Gasteiger partial charge in [-0.05, 0) is 50.6 Å². The summed E-state index contributed by atoms with van der Waals surface area (Å²) in [4.78, 5) is 2.52. The molecule has 2 heterocycles. The van der Waals surface area contributed by atoms with Crippen molar-refractivity contribution in [2.24, 2.45) is 0 Å². The first-order valence-electron chi connectivity index (χ1n) is 7.70. The molecule has 0 aliphatic carbocycles. The van der Waals surface area contributed by atoms with Gasteiger partial charge in [0.25, 0.3) is 0 Å². The second-order valence-corrected chi connectivity index (χ2v) is 5.53. The van der Waals surface area contributed by atoms with Gasteiger partial charge < -0.3 is 14.6 Å². The highest BCUT2D eigenvalue weighted by atomic mass is 16.4. The Balaban J connectivity index is 1.66. The van der Waals surface area contributed by atoms with Gasteiger partial charge in [-0.2, -0.15) is 0 Å². The molecule has 1 aromatic carbocycles. The molecule has 1 N–H and O–H groups in total. The fraction of sp³-hybridized carbons (Fsp3) is 0.500. The minimum atomic E-state index is 0.541. The van der Waals surface area contributed by atoms with Crippen LogP contribution in [0.1, 0.15) is 26.2 Å². The molecule has 112 valence electrons. The summed E-state index contributed by atoms with van der Waals surface area (Å²) in [5.41, 5.74) is 2.09. The average Bonchev–Trinajstić information content (AvgIpc) is 2.96. The number of aromatic nitrogens is 2. The van der Waals surface area contributed by atoms with Crippen molar-refractivity contribution in [3.8, 4) is 11.5 Å². The van der Waals surface area contributed by atoms with Crippen LogP contribution in [0, 0.1) is 0 Å². The number of rotatable bonds is 4. The van der Waals surface area contributed by atoms with Gasteiger partial charge in [-0.15, -0.1) is 10.2 Å². The maximum absolute atomic E-state index is 5.26. The van der Waals surface area contributed by atoms with Crippen molar-refractivity contribution in [1.29, 1.82) is 0 Å². The number of hydrogen-bond donors (Lipinski definition) is 1. The summed E-state index contributed by atoms with van der Waals surface area (Å²) in [5, 5.41) is 11.3. The van der Waals surface area contributed by atoms with Gasteiger partial charge in [0, 0.05) is 23.8 Å². The fourth-order valence-electron chi connectivity index (χ4n) is 2.89. The third kappa shape index (κ3) is 3.61. The maximum atomic E-state index is 5.26. The molecule has 5 nitrogen and oxygen atoms in total. The molecule has 1 unspecified atom stereocenters. The van der Waals surface area contributed by atoms with Crippen molar-refractivity contribution < 1.29 is 4.42 Å². The smallest absolute Gasteiger partial charge is 0.247 e. The van der Waals surface area contributed by atoms with Crippen LogP contribution in [0.5, 0.6) is 0 Å². The molecular weight excluding hydrogens is 264 g/mol. The van der Waals surface area contributed by atoms with Gasteiger partial charge in [0.1, 0.15) is 0 Å². The van der Waals surface area contributed by atoms with Gasteiger partial charge >= 0.3 is 0 Å². The molecule has 1 aliphatic rings. The van der Waals surface area contributed by atoms with Crippen LogP contribution >= 0.6 is 0 Å². The lowest BCUT2D eigenvalue weighted by atomic mass is 10.1. The molecular formula is C16H22N4O. The molecule has 1 saturated heterocycles. The summed E-state index contributed by atoms with van der Waals surface area (Å²) in [6.45, 7) is 5.79. The van der Waals surface area contributed by atoms with Crippen LogP contribution in [0.4, 0.5) is 5.69 Å². The van der Waals surface area contributed by atoms with Crippen molar-refractivity contribution in [3.63, 3.8) is 0 Å². The van der Waals surface area contributed by atoms with Crippen LogP contribution in [0.15, 0.2) is 35.1 Å². The van der Waals surface area contributed by atoms with Crippen molar-refractivity contribution in [1.82, 2.24) is 15.1 Å². The van der Waals surface area contributed by atoms with E-state index in [4.69, 9.17) is 4.42 Å². The highest BCUT2D eigenvalue weighted by molar-refractivity contribution is 5.61. The molecule has 1 aromatic heterocycles. The minimum Gasteiger partial charge on any atom is -0.423 e. The van der Waals surface area contributed by atoms with Crippen LogP contribution in [0.2, 0.25) is 0 Å². The third-order valence-corrected chi connectivity index (χ3v) is 4.11. The molecule has 0 radical (unpaired) electrons. The fourth-order valence-corrected chi connectivity index (χ4v) is 2.89. The monoisotopic (exact) mass is 286 g/mol. The number of nitrogens with one attached hydrogen (secondary N) is 1. The number of benzene rings is 1. The van der Waals surface area contributed by atoms with Gasteiger partial charge in [0.2, 0.25) is 12.3 Å². The molecule has 3 rings (SSSR count). The van der Waals surface area contributed by atoms with Crippen molar-refractivity contribution in [3.05, 3.63) is 30.7 Å². The highest BCUT2D eigenvalue weighted by Gasteiger charge is 2.16. The second kappa shape index (κ2) is 6.72. The molecule has 1 aliphatic heterocycles. The molecule has 0 amide bonds. The topological polar surface area (TPSA) is 54.2 Å². The summed E-state index contributed by atoms with van der Waals surface area (Å²) in [7, 11) is 0. The van der Waals surface area contributed by atoms with Crippen LogP contribution < -0.4 is 5.32 Å². The van der Waals surface area contributed by atoms with E-state index in [1.165, 1.54) is 38.7 Å². The van der Waals surface area contributed by atoms with E-state index in [1.54, 1.807) is 0 Å². The molecule has 5 heteroatoms. The van der Waals surface area contributed by atoms with Gasteiger partial charge in [-0.3, -0.25) is 0 Å². The second-order valence-electron chi connectivity index (χ2n) is 5.53. The zero-order valence-corrected chi connectivity index (χ0v) is 12.5. The molecule has 1 fully saturated rings. The normalized spacial score (nSPS) is 20.1. The summed E-state index contributed by atoms with van der Waals surface area (Å²) < 4.78 is 5.26. The van der Waals surface area contributed by atoms with Crippen molar-refractivity contribution >= 4 is 5.69 Å². The SMILES string of the molecule is CCN1CCCC(Nc2cccc(-c3nnco3)c2)CC1. The highest BCUT2D eigenvalue weighted by Crippen LogP contribution is 2.22. The lowest BCUT2D eigenvalue weighted by Crippen LogP contribution is -2.26. The standard InChI is InChI=1S/C16H22N4O/c1-2-20-9-4-7-14(8-10-20)18-15-6-3-5-13(11-15)16-19-17-12-21-16/h3,5-6,11-12,14,18H,2,4,7-10H2,1H3. The first-order chi connectivity index (χ1) is 10.3. The Hall–Kier alpha value is -1.88. The van der Waals surface area contributed by atoms with Crippen LogP contribution in [0.25, 0.3) is 11.5 Å². The average molecular weight is 286 g/mol. The maximum Gasteiger partial charge on any atom is 0.247 e. The van der Waals surface area contributed by atoms with Crippen molar-refractivity contribution in [2.45, 2.75) is 32.2 Å². The van der Waals surface area contributed by atoms with Gasteiger partial charge in [0.05, 0.1) is 0 Å². The largest absolute Gasteiger partial charge is 0.423 e.